The van der Waals surface area contributed by atoms with Crippen molar-refractivity contribution in [1.82, 2.24) is 10.2 Å². The lowest BCUT2D eigenvalue weighted by atomic mass is 9.93. The van der Waals surface area contributed by atoms with Crippen LogP contribution in [0.4, 0.5) is 5.82 Å². The predicted octanol–water partition coefficient (Wildman–Crippen LogP) is 5.72. The van der Waals surface area contributed by atoms with Crippen molar-refractivity contribution in [2.45, 2.75) is 27.3 Å². The molecule has 0 aliphatic rings. The molecule has 0 atom stereocenters. The maximum absolute atomic E-state index is 12.8. The second kappa shape index (κ2) is 10.4. The summed E-state index contributed by atoms with van der Waals surface area (Å²) >= 11 is 0. The fraction of sp³-hybridized carbons (Fsp3) is 0.250. The number of rotatable bonds is 8. The summed E-state index contributed by atoms with van der Waals surface area (Å²) in [5, 5.41) is 14.3. The molecule has 0 amide bonds. The molecule has 0 aliphatic heterocycles. The molecule has 7 heteroatoms. The molecule has 0 fully saturated rings. The maximum atomic E-state index is 12.8. The van der Waals surface area contributed by atoms with Gasteiger partial charge >= 0.3 is 5.97 Å². The van der Waals surface area contributed by atoms with Gasteiger partial charge < -0.3 is 19.5 Å². The summed E-state index contributed by atoms with van der Waals surface area (Å²) in [6.07, 6.45) is 0. The molecular weight excluding hydrogens is 442 g/mol. The van der Waals surface area contributed by atoms with E-state index < -0.39 is 0 Å². The van der Waals surface area contributed by atoms with Gasteiger partial charge in [-0.3, -0.25) is 0 Å². The van der Waals surface area contributed by atoms with Gasteiger partial charge in [0.2, 0.25) is 0 Å². The Kier molecular flexibility index (Phi) is 7.15. The van der Waals surface area contributed by atoms with Gasteiger partial charge in [0.15, 0.2) is 5.82 Å². The number of nitrogens with zero attached hydrogens (tertiary/aromatic N) is 2. The summed E-state index contributed by atoms with van der Waals surface area (Å²) in [5.41, 5.74) is 4.74. The molecule has 35 heavy (non-hydrogen) atoms. The Bertz CT molecular complexity index is 1370. The highest BCUT2D eigenvalue weighted by molar-refractivity contribution is 6.08. The minimum atomic E-state index is -0.346. The van der Waals surface area contributed by atoms with Crippen LogP contribution in [0.2, 0.25) is 0 Å². The first-order chi connectivity index (χ1) is 17.0. The second-order valence-electron chi connectivity index (χ2n) is 8.14. The number of nitrogens with one attached hydrogen (secondary N) is 1. The number of anilines is 1. The summed E-state index contributed by atoms with van der Waals surface area (Å²) < 4.78 is 16.2. The number of benzene rings is 3. The first kappa shape index (κ1) is 24.0. The number of para-hydroxylation sites is 1. The number of methoxy groups -OCH3 is 2. The molecular formula is C28H29N3O4. The van der Waals surface area contributed by atoms with E-state index in [1.165, 1.54) is 0 Å². The van der Waals surface area contributed by atoms with Crippen LogP contribution in [0.1, 0.15) is 34.0 Å². The van der Waals surface area contributed by atoms with E-state index in [4.69, 9.17) is 14.2 Å². The van der Waals surface area contributed by atoms with Gasteiger partial charge in [0.05, 0.1) is 26.4 Å². The summed E-state index contributed by atoms with van der Waals surface area (Å²) in [5.74, 6) is 1.75. The van der Waals surface area contributed by atoms with Crippen LogP contribution in [0, 0.1) is 13.8 Å². The first-order valence-corrected chi connectivity index (χ1v) is 11.5. The maximum Gasteiger partial charge on any atom is 0.338 e. The first-order valence-electron chi connectivity index (χ1n) is 11.5. The predicted molar refractivity (Wildman–Crippen MR) is 137 cm³/mol. The van der Waals surface area contributed by atoms with Crippen LogP contribution in [0.25, 0.3) is 22.0 Å². The fourth-order valence-corrected chi connectivity index (χ4v) is 4.29. The van der Waals surface area contributed by atoms with E-state index in [1.807, 2.05) is 68.4 Å². The zero-order valence-electron chi connectivity index (χ0n) is 20.6. The topological polar surface area (TPSA) is 82.6 Å². The van der Waals surface area contributed by atoms with Crippen molar-refractivity contribution in [3.8, 4) is 22.8 Å². The highest BCUT2D eigenvalue weighted by atomic mass is 16.5. The standard InChI is InChI=1S/C28H29N3O4/c1-6-35-28(32)24-17(2)15-22-25(18(24)3)27(29-16-19-11-13-20(33-4)14-12-19)31-30-26(22)21-9-7-8-10-23(21)34-5/h7-15H,6,16H2,1-5H3,(H,29,31). The lowest BCUT2D eigenvalue weighted by molar-refractivity contribution is 0.0525. The number of ether oxygens (including phenoxy) is 3. The van der Waals surface area contributed by atoms with Crippen LogP contribution in [0.5, 0.6) is 11.5 Å². The van der Waals surface area contributed by atoms with Crippen LogP contribution in [0.3, 0.4) is 0 Å². The molecule has 0 saturated heterocycles. The van der Waals surface area contributed by atoms with Gasteiger partial charge in [0.25, 0.3) is 0 Å². The Morgan fingerprint density at radius 3 is 2.40 bits per heavy atom. The van der Waals surface area contributed by atoms with Crippen molar-refractivity contribution in [2.75, 3.05) is 26.1 Å². The van der Waals surface area contributed by atoms with E-state index >= 15 is 0 Å². The third kappa shape index (κ3) is 4.75. The molecule has 0 radical (unpaired) electrons. The zero-order chi connectivity index (χ0) is 24.9. The molecule has 0 unspecified atom stereocenters. The SMILES string of the molecule is CCOC(=O)c1c(C)cc2c(-c3ccccc3OC)nnc(NCc3ccc(OC)cc3)c2c1C. The normalized spacial score (nSPS) is 10.8. The van der Waals surface area contributed by atoms with E-state index in [-0.39, 0.29) is 5.97 Å². The monoisotopic (exact) mass is 471 g/mol. The molecule has 0 saturated carbocycles. The second-order valence-corrected chi connectivity index (χ2v) is 8.14. The van der Waals surface area contributed by atoms with Crippen molar-refractivity contribution in [2.24, 2.45) is 0 Å². The molecule has 3 aromatic carbocycles. The van der Waals surface area contributed by atoms with Crippen molar-refractivity contribution < 1.29 is 19.0 Å². The smallest absolute Gasteiger partial charge is 0.338 e. The number of hydrogen-bond acceptors (Lipinski definition) is 7. The van der Waals surface area contributed by atoms with Crippen LogP contribution < -0.4 is 14.8 Å². The van der Waals surface area contributed by atoms with Crippen molar-refractivity contribution >= 4 is 22.6 Å². The summed E-state index contributed by atoms with van der Waals surface area (Å²) in [4.78, 5) is 12.8. The van der Waals surface area contributed by atoms with Crippen molar-refractivity contribution in [3.63, 3.8) is 0 Å². The number of carbonyl (C=O) groups is 1. The Morgan fingerprint density at radius 2 is 1.71 bits per heavy atom. The van der Waals surface area contributed by atoms with Gasteiger partial charge in [-0.2, -0.15) is 0 Å². The molecule has 1 N–H and O–H groups in total. The van der Waals surface area contributed by atoms with Gasteiger partial charge in [-0.05, 0) is 67.8 Å². The van der Waals surface area contributed by atoms with Crippen LogP contribution in [-0.2, 0) is 11.3 Å². The van der Waals surface area contributed by atoms with Gasteiger partial charge in [0, 0.05) is 22.9 Å². The number of hydrogen-bond donors (Lipinski definition) is 1. The fourth-order valence-electron chi connectivity index (χ4n) is 4.29. The van der Waals surface area contributed by atoms with E-state index in [0.29, 0.717) is 36.0 Å². The van der Waals surface area contributed by atoms with E-state index in [1.54, 1.807) is 21.1 Å². The highest BCUT2D eigenvalue weighted by Gasteiger charge is 2.22. The molecule has 7 nitrogen and oxygen atoms in total. The van der Waals surface area contributed by atoms with Gasteiger partial charge in [0.1, 0.15) is 17.2 Å². The number of carbonyl (C=O) groups excluding carboxylic acids is 1. The molecule has 1 heterocycles. The Hall–Kier alpha value is -4.13. The minimum absolute atomic E-state index is 0.305. The van der Waals surface area contributed by atoms with Gasteiger partial charge in [-0.25, -0.2) is 4.79 Å². The quantitative estimate of drug-likeness (QED) is 0.329. The number of esters is 1. The van der Waals surface area contributed by atoms with Crippen LogP contribution >= 0.6 is 0 Å². The molecule has 4 aromatic rings. The largest absolute Gasteiger partial charge is 0.497 e. The van der Waals surface area contributed by atoms with Crippen LogP contribution in [0.15, 0.2) is 54.6 Å². The van der Waals surface area contributed by atoms with Crippen molar-refractivity contribution in [1.29, 1.82) is 0 Å². The van der Waals surface area contributed by atoms with Gasteiger partial charge in [-0.1, -0.05) is 24.3 Å². The third-order valence-corrected chi connectivity index (χ3v) is 5.98. The Labute approximate surface area is 205 Å². The molecule has 0 bridgehead atoms. The molecule has 180 valence electrons. The van der Waals surface area contributed by atoms with E-state index in [2.05, 4.69) is 15.5 Å². The Morgan fingerprint density at radius 1 is 0.971 bits per heavy atom. The van der Waals surface area contributed by atoms with E-state index in [9.17, 15) is 4.79 Å². The molecule has 0 spiro atoms. The molecule has 4 rings (SSSR count). The average molecular weight is 472 g/mol. The van der Waals surface area contributed by atoms with Crippen molar-refractivity contribution in [3.05, 3.63) is 76.9 Å². The van der Waals surface area contributed by atoms with Gasteiger partial charge in [-0.15, -0.1) is 10.2 Å². The summed E-state index contributed by atoms with van der Waals surface area (Å²) in [7, 11) is 3.28. The number of aromatic nitrogens is 2. The van der Waals surface area contributed by atoms with Crippen LogP contribution in [-0.4, -0.2) is 37.0 Å². The Balaban J connectivity index is 1.88. The average Bonchev–Trinajstić information content (AvgIpc) is 2.87. The lowest BCUT2D eigenvalue weighted by Gasteiger charge is -2.18. The lowest BCUT2D eigenvalue weighted by Crippen LogP contribution is -2.11. The molecule has 0 aliphatic carbocycles. The third-order valence-electron chi connectivity index (χ3n) is 5.98. The minimum Gasteiger partial charge on any atom is -0.497 e. The number of fused-ring (bicyclic) bond motifs is 1. The van der Waals surface area contributed by atoms with E-state index in [0.717, 1.165) is 38.8 Å². The number of aryl methyl sites for hydroxylation is 2. The highest BCUT2D eigenvalue weighted by Crippen LogP contribution is 2.38. The molecule has 1 aromatic heterocycles. The summed E-state index contributed by atoms with van der Waals surface area (Å²) in [6.45, 7) is 6.48. The summed E-state index contributed by atoms with van der Waals surface area (Å²) in [6, 6.07) is 17.5. The zero-order valence-corrected chi connectivity index (χ0v) is 20.6.